The summed E-state index contributed by atoms with van der Waals surface area (Å²) in [5, 5.41) is 33.1. The van der Waals surface area contributed by atoms with Crippen molar-refractivity contribution in [3.63, 3.8) is 0 Å². The van der Waals surface area contributed by atoms with Gasteiger partial charge in [-0.15, -0.1) is 105 Å². The van der Waals surface area contributed by atoms with Crippen LogP contribution in [0.25, 0.3) is 66.5 Å². The molecule has 0 aliphatic heterocycles. The van der Waals surface area contributed by atoms with E-state index in [1.807, 2.05) is 62.3 Å². The van der Waals surface area contributed by atoms with E-state index in [2.05, 4.69) is 187 Å². The van der Waals surface area contributed by atoms with Gasteiger partial charge in [-0.2, -0.15) is 0 Å². The van der Waals surface area contributed by atoms with Gasteiger partial charge >= 0.3 is 0 Å². The Morgan fingerprint density at radius 2 is 0.664 bits per heavy atom. The number of rotatable bonds is 17. The minimum atomic E-state index is -0.0362. The number of carbonyl (C=O) groups excluding carboxylic acids is 3. The first-order valence-electron chi connectivity index (χ1n) is 44.5. The van der Waals surface area contributed by atoms with Gasteiger partial charge in [0.05, 0.1) is 22.3 Å². The number of aromatic nitrogens is 3. The molecule has 0 atom stereocenters. The van der Waals surface area contributed by atoms with Gasteiger partial charge in [0.2, 0.25) is 0 Å². The summed E-state index contributed by atoms with van der Waals surface area (Å²) in [7, 11) is 0. The van der Waals surface area contributed by atoms with Crippen LogP contribution in [0, 0.1) is 95.2 Å². The second kappa shape index (κ2) is 50.0. The molecule has 3 aromatic heterocycles. The summed E-state index contributed by atoms with van der Waals surface area (Å²) < 4.78 is 0. The standard InChI is InChI=1S/3C23H24N.C16H26O2.C12H22O2.C10H18O2.3Ir/c3*1-16-12-17(2)14-21(13-16)22-11-10-19-8-9-20(15-23(19)24-22)18-6-4-3-5-7-18;1-12(15(17)13-8-4-2-5-9-13)16(18)14-10-6-3-7-11-14;1-8(2)6-11(13)10(5)12(14)7-9(3)4;1-6(2)9(11)8(5)10(12)7(3)4;;;/h3*8-13,15,18H,3-7H2,1-2H3;13-14,17H,2-11H2,1H3;8-9,13H,6-7H2,1-5H3;6-7,11H,1-5H3;;;/q3*-1;;;;;;. The third-order valence-electron chi connectivity index (χ3n) is 24.2. The van der Waals surface area contributed by atoms with E-state index in [9.17, 15) is 29.7 Å². The fourth-order valence-electron chi connectivity index (χ4n) is 17.7. The number of aliphatic hydroxyl groups is 3. The van der Waals surface area contributed by atoms with Gasteiger partial charge in [-0.25, -0.2) is 0 Å². The number of nitrogens with zero attached hydrogens (tertiary/aromatic N) is 3. The van der Waals surface area contributed by atoms with Crippen LogP contribution in [0.3, 0.4) is 0 Å². The average Bonchev–Trinajstić information content (AvgIpc) is 0.805. The van der Waals surface area contributed by atoms with Crippen molar-refractivity contribution in [2.24, 2.45) is 35.5 Å². The molecule has 0 unspecified atom stereocenters. The molecule has 5 aliphatic rings. The predicted molar refractivity (Wildman–Crippen MR) is 487 cm³/mol. The molecule has 9 aromatic rings. The van der Waals surface area contributed by atoms with Crippen molar-refractivity contribution in [1.82, 2.24) is 15.0 Å². The van der Waals surface area contributed by atoms with E-state index < -0.39 is 0 Å². The van der Waals surface area contributed by atoms with Crippen LogP contribution in [0.5, 0.6) is 0 Å². The number of Topliss-reactive ketones (excluding diaryl/α,β-unsaturated/α-hetero) is 3. The summed E-state index contributed by atoms with van der Waals surface area (Å²) in [5.41, 5.74) is 23.1. The zero-order valence-electron chi connectivity index (χ0n) is 74.8. The Hall–Kier alpha value is -6.87. The maximum absolute atomic E-state index is 12.4. The summed E-state index contributed by atoms with van der Waals surface area (Å²) in [5.74, 6) is 4.54. The van der Waals surface area contributed by atoms with Gasteiger partial charge in [0, 0.05) is 114 Å². The second-order valence-electron chi connectivity index (χ2n) is 36.1. The van der Waals surface area contributed by atoms with Crippen molar-refractivity contribution in [2.45, 2.75) is 309 Å². The Kier molecular flexibility index (Phi) is 42.4. The molecule has 0 amide bonds. The third kappa shape index (κ3) is 30.8. The van der Waals surface area contributed by atoms with E-state index in [-0.39, 0.29) is 113 Å². The van der Waals surface area contributed by atoms with Crippen molar-refractivity contribution < 1.29 is 90.0 Å². The molecule has 0 spiro atoms. The van der Waals surface area contributed by atoms with E-state index in [1.54, 1.807) is 13.8 Å². The molecule has 9 nitrogen and oxygen atoms in total. The normalized spacial score (nSPS) is 16.2. The summed E-state index contributed by atoms with van der Waals surface area (Å²) in [6.07, 6.45) is 32.9. The van der Waals surface area contributed by atoms with E-state index >= 15 is 0 Å². The minimum Gasteiger partial charge on any atom is -0.512 e. The van der Waals surface area contributed by atoms with Gasteiger partial charge in [-0.3, -0.25) is 29.3 Å². The number of allylic oxidation sites excluding steroid dienone is 6. The van der Waals surface area contributed by atoms with Gasteiger partial charge in [0.15, 0.2) is 17.3 Å². The minimum absolute atomic E-state index is 0. The van der Waals surface area contributed by atoms with Crippen LogP contribution in [0.15, 0.2) is 161 Å². The summed E-state index contributed by atoms with van der Waals surface area (Å²) in [6.45, 7) is 33.4. The van der Waals surface area contributed by atoms with Crippen LogP contribution in [0.4, 0.5) is 0 Å². The first-order valence-corrected chi connectivity index (χ1v) is 44.5. The number of ketones is 3. The Morgan fingerprint density at radius 1 is 0.361 bits per heavy atom. The molecule has 647 valence electrons. The van der Waals surface area contributed by atoms with Crippen molar-refractivity contribution in [3.8, 4) is 33.8 Å². The molecular formula is C107H138Ir3N3O6-3. The zero-order valence-corrected chi connectivity index (χ0v) is 82.0. The fourth-order valence-corrected chi connectivity index (χ4v) is 17.7. The van der Waals surface area contributed by atoms with Crippen LogP contribution in [0.2, 0.25) is 0 Å². The number of aliphatic hydroxyl groups excluding tert-OH is 3. The molecule has 12 heteroatoms. The number of hydrogen-bond donors (Lipinski definition) is 3. The first kappa shape index (κ1) is 101. The molecule has 0 saturated heterocycles. The Morgan fingerprint density at radius 3 is 0.958 bits per heavy atom. The average molecular weight is 2140 g/mol. The van der Waals surface area contributed by atoms with Gasteiger partial charge in [-0.1, -0.05) is 266 Å². The molecule has 3 heterocycles. The molecule has 14 rings (SSSR count). The quantitative estimate of drug-likeness (QED) is 0.0460. The van der Waals surface area contributed by atoms with E-state index in [0.717, 1.165) is 93.8 Å². The first-order chi connectivity index (χ1) is 55.5. The molecular weight excluding hydrogens is 2000 g/mol. The summed E-state index contributed by atoms with van der Waals surface area (Å²) in [4.78, 5) is 50.1. The maximum Gasteiger partial charge on any atom is 0.164 e. The molecule has 5 fully saturated rings. The number of fused-ring (bicyclic) bond motifs is 3. The summed E-state index contributed by atoms with van der Waals surface area (Å²) >= 11 is 0. The van der Waals surface area contributed by atoms with E-state index in [1.165, 1.54) is 201 Å². The van der Waals surface area contributed by atoms with E-state index in [0.29, 0.717) is 47.2 Å². The Bertz CT molecular complexity index is 4450. The smallest absolute Gasteiger partial charge is 0.164 e. The van der Waals surface area contributed by atoms with Crippen LogP contribution in [0.1, 0.15) is 317 Å². The Balaban J connectivity index is 0.000000225. The van der Waals surface area contributed by atoms with Gasteiger partial charge in [0.1, 0.15) is 11.5 Å². The molecule has 5 saturated carbocycles. The molecule has 0 bridgehead atoms. The van der Waals surface area contributed by atoms with Crippen molar-refractivity contribution >= 4 is 50.1 Å². The number of carbonyl (C=O) groups is 3. The molecule has 3 N–H and O–H groups in total. The predicted octanol–water partition coefficient (Wildman–Crippen LogP) is 29.8. The van der Waals surface area contributed by atoms with Crippen LogP contribution < -0.4 is 0 Å². The number of hydrogen-bond acceptors (Lipinski definition) is 9. The van der Waals surface area contributed by atoms with Crippen LogP contribution in [-0.2, 0) is 74.7 Å². The molecule has 119 heavy (non-hydrogen) atoms. The van der Waals surface area contributed by atoms with Gasteiger partial charge in [-0.05, 0) is 183 Å². The van der Waals surface area contributed by atoms with Crippen molar-refractivity contribution in [1.29, 1.82) is 0 Å². The van der Waals surface area contributed by atoms with Gasteiger partial charge in [0.25, 0.3) is 0 Å². The third-order valence-corrected chi connectivity index (χ3v) is 24.2. The van der Waals surface area contributed by atoms with Crippen molar-refractivity contribution in [2.75, 3.05) is 0 Å². The van der Waals surface area contributed by atoms with E-state index in [4.69, 9.17) is 15.0 Å². The second-order valence-corrected chi connectivity index (χ2v) is 36.1. The molecule has 3 radical (unpaired) electrons. The monoisotopic (exact) mass is 2140 g/mol. The number of aryl methyl sites for hydroxylation is 6. The number of pyridine rings is 3. The molecule has 6 aromatic carbocycles. The summed E-state index contributed by atoms with van der Waals surface area (Å²) in [6, 6.07) is 56.8. The Labute approximate surface area is 756 Å². The maximum atomic E-state index is 12.4. The number of benzene rings is 6. The van der Waals surface area contributed by atoms with Crippen LogP contribution >= 0.6 is 0 Å². The SMILES string of the molecule is CC(C(=O)C(C)C)=C(O)C(C)C.CC(C(=O)C1CCCCC1)=C(O)C1CCCCC1.CC(C(=O)CC(C)C)=C(O)CC(C)C.Cc1[c-]c(-c2ccc3ccc(C4CCCCC4)cc3n2)cc(C)c1.Cc1[c-]c(-c2ccc3ccc(C4CCCCC4)cc3n2)cc(C)c1.Cc1[c-]c(-c2ccc3ccc(C4CCCCC4)cc3n2)cc(C)c1.[Ir].[Ir].[Ir]. The van der Waals surface area contributed by atoms with Crippen molar-refractivity contribution in [3.05, 3.63) is 230 Å². The zero-order chi connectivity index (χ0) is 83.7. The largest absolute Gasteiger partial charge is 0.512 e. The van der Waals surface area contributed by atoms with Gasteiger partial charge < -0.3 is 15.3 Å². The topological polar surface area (TPSA) is 151 Å². The van der Waals surface area contributed by atoms with Crippen LogP contribution in [-0.4, -0.2) is 47.6 Å². The fraction of sp³-hybridized carbons (Fsp3) is 0.495. The molecule has 5 aliphatic carbocycles.